The van der Waals surface area contributed by atoms with Gasteiger partial charge in [-0.15, -0.1) is 0 Å². The topological polar surface area (TPSA) is 49.4 Å². The average molecular weight is 292 g/mol. The number of piperidine rings is 1. The Bertz CT molecular complexity index is 370. The van der Waals surface area contributed by atoms with Gasteiger partial charge in [-0.1, -0.05) is 12.8 Å². The van der Waals surface area contributed by atoms with E-state index in [9.17, 15) is 22.8 Å². The van der Waals surface area contributed by atoms with E-state index in [1.54, 1.807) is 0 Å². The van der Waals surface area contributed by atoms with E-state index in [1.165, 1.54) is 0 Å². The Labute approximate surface area is 115 Å². The quantitative estimate of drug-likeness (QED) is 0.844. The van der Waals surface area contributed by atoms with Gasteiger partial charge in [0.25, 0.3) is 0 Å². The molecule has 0 radical (unpaired) electrons. The molecular weight excluding hydrogens is 273 g/mol. The second-order valence-electron chi connectivity index (χ2n) is 5.55. The van der Waals surface area contributed by atoms with Crippen molar-refractivity contribution in [3.63, 3.8) is 0 Å². The van der Waals surface area contributed by atoms with Crippen molar-refractivity contribution in [3.05, 3.63) is 0 Å². The van der Waals surface area contributed by atoms with Crippen LogP contribution in [0.2, 0.25) is 0 Å². The zero-order chi connectivity index (χ0) is 14.8. The third-order valence-electron chi connectivity index (χ3n) is 4.10. The summed E-state index contributed by atoms with van der Waals surface area (Å²) in [5.74, 6) is -2.14. The van der Waals surface area contributed by atoms with Crippen LogP contribution in [0, 0.1) is 5.92 Å². The van der Waals surface area contributed by atoms with Crippen molar-refractivity contribution in [2.75, 3.05) is 13.1 Å². The lowest BCUT2D eigenvalue weighted by Gasteiger charge is -2.32. The summed E-state index contributed by atoms with van der Waals surface area (Å²) in [5.41, 5.74) is 0. The highest BCUT2D eigenvalue weighted by Crippen LogP contribution is 2.25. The highest BCUT2D eigenvalue weighted by atomic mass is 19.4. The molecule has 2 aliphatic rings. The smallest absolute Gasteiger partial charge is 0.353 e. The molecule has 0 atom stereocenters. The number of carbonyl (C=O) groups excluding carboxylic acids is 2. The van der Waals surface area contributed by atoms with E-state index in [2.05, 4.69) is 5.32 Å². The molecule has 1 N–H and O–H groups in total. The fraction of sp³-hybridized carbons (Fsp3) is 0.846. The van der Waals surface area contributed by atoms with Crippen LogP contribution in [0.3, 0.4) is 0 Å². The van der Waals surface area contributed by atoms with Gasteiger partial charge in [-0.25, -0.2) is 0 Å². The van der Waals surface area contributed by atoms with Crippen LogP contribution in [0.25, 0.3) is 0 Å². The molecule has 2 amide bonds. The summed E-state index contributed by atoms with van der Waals surface area (Å²) >= 11 is 0. The molecule has 2 rings (SSSR count). The van der Waals surface area contributed by atoms with Crippen LogP contribution in [-0.2, 0) is 9.59 Å². The molecule has 1 heterocycles. The third kappa shape index (κ3) is 3.64. The van der Waals surface area contributed by atoms with E-state index in [1.807, 2.05) is 0 Å². The van der Waals surface area contributed by atoms with Crippen LogP contribution in [0.5, 0.6) is 0 Å². The van der Waals surface area contributed by atoms with Crippen molar-refractivity contribution < 1.29 is 22.8 Å². The second-order valence-corrected chi connectivity index (χ2v) is 5.55. The van der Waals surface area contributed by atoms with Gasteiger partial charge in [0.15, 0.2) is 0 Å². The molecule has 7 heteroatoms. The average Bonchev–Trinajstić information content (AvgIpc) is 2.90. The van der Waals surface area contributed by atoms with Crippen LogP contribution >= 0.6 is 0 Å². The predicted molar refractivity (Wildman–Crippen MR) is 65.8 cm³/mol. The standard InChI is InChI=1S/C13H19F3N2O2/c14-13(15,16)12(20)18-7-5-9(6-8-18)11(19)17-10-3-1-2-4-10/h9-10H,1-8H2,(H,17,19). The van der Waals surface area contributed by atoms with Gasteiger partial charge >= 0.3 is 12.1 Å². The summed E-state index contributed by atoms with van der Waals surface area (Å²) < 4.78 is 36.9. The third-order valence-corrected chi connectivity index (χ3v) is 4.10. The maximum atomic E-state index is 12.3. The molecule has 114 valence electrons. The Hall–Kier alpha value is -1.27. The molecular formula is C13H19F3N2O2. The Morgan fingerprint density at radius 1 is 1.00 bits per heavy atom. The molecule has 0 aromatic rings. The number of carbonyl (C=O) groups is 2. The maximum Gasteiger partial charge on any atom is 0.471 e. The van der Waals surface area contributed by atoms with Crippen molar-refractivity contribution >= 4 is 11.8 Å². The zero-order valence-corrected chi connectivity index (χ0v) is 11.2. The number of nitrogens with zero attached hydrogens (tertiary/aromatic N) is 1. The molecule has 0 bridgehead atoms. The fourth-order valence-corrected chi connectivity index (χ4v) is 2.91. The van der Waals surface area contributed by atoms with E-state index in [0.717, 1.165) is 30.6 Å². The Balaban J connectivity index is 1.78. The lowest BCUT2D eigenvalue weighted by atomic mass is 9.95. The lowest BCUT2D eigenvalue weighted by molar-refractivity contribution is -0.186. The first-order valence-electron chi connectivity index (χ1n) is 7.04. The molecule has 0 spiro atoms. The van der Waals surface area contributed by atoms with E-state index in [0.29, 0.717) is 12.8 Å². The summed E-state index contributed by atoms with van der Waals surface area (Å²) in [6.45, 7) is 0.00218. The summed E-state index contributed by atoms with van der Waals surface area (Å²) in [7, 11) is 0. The zero-order valence-electron chi connectivity index (χ0n) is 11.2. The largest absolute Gasteiger partial charge is 0.471 e. The van der Waals surface area contributed by atoms with Gasteiger partial charge in [0.2, 0.25) is 5.91 Å². The molecule has 2 fully saturated rings. The van der Waals surface area contributed by atoms with Gasteiger partial charge in [-0.05, 0) is 25.7 Å². The molecule has 20 heavy (non-hydrogen) atoms. The number of amides is 2. The predicted octanol–water partition coefficient (Wildman–Crippen LogP) is 1.85. The molecule has 1 aliphatic carbocycles. The van der Waals surface area contributed by atoms with Crippen molar-refractivity contribution in [1.29, 1.82) is 0 Å². The Morgan fingerprint density at radius 2 is 1.55 bits per heavy atom. The molecule has 0 aromatic heterocycles. The lowest BCUT2D eigenvalue weighted by Crippen LogP contribution is -2.48. The minimum Gasteiger partial charge on any atom is -0.353 e. The highest BCUT2D eigenvalue weighted by molar-refractivity contribution is 5.83. The number of nitrogens with one attached hydrogen (secondary N) is 1. The van der Waals surface area contributed by atoms with Gasteiger partial charge in [-0.2, -0.15) is 13.2 Å². The number of rotatable bonds is 2. The number of alkyl halides is 3. The number of halogens is 3. The molecule has 4 nitrogen and oxygen atoms in total. The van der Waals surface area contributed by atoms with Crippen LogP contribution in [-0.4, -0.2) is 42.0 Å². The first-order chi connectivity index (χ1) is 9.38. The van der Waals surface area contributed by atoms with Gasteiger partial charge in [-0.3, -0.25) is 9.59 Å². The minimum absolute atomic E-state index is 0.00109. The molecule has 1 aliphatic heterocycles. The Kier molecular flexibility index (Phi) is 4.55. The summed E-state index contributed by atoms with van der Waals surface area (Å²) in [5, 5.41) is 2.96. The second kappa shape index (κ2) is 6.01. The Morgan fingerprint density at radius 3 is 2.05 bits per heavy atom. The SMILES string of the molecule is O=C(NC1CCCC1)C1CCN(C(=O)C(F)(F)F)CC1. The van der Waals surface area contributed by atoms with Crippen LogP contribution < -0.4 is 5.32 Å². The van der Waals surface area contributed by atoms with Gasteiger partial charge in [0.05, 0.1) is 0 Å². The van der Waals surface area contributed by atoms with Gasteiger partial charge in [0.1, 0.15) is 0 Å². The molecule has 1 saturated carbocycles. The van der Waals surface area contributed by atoms with Crippen molar-refractivity contribution in [2.45, 2.75) is 50.7 Å². The van der Waals surface area contributed by atoms with Crippen molar-refractivity contribution in [1.82, 2.24) is 10.2 Å². The summed E-state index contributed by atoms with van der Waals surface area (Å²) in [6.07, 6.45) is -0.0130. The van der Waals surface area contributed by atoms with Crippen LogP contribution in [0.1, 0.15) is 38.5 Å². The summed E-state index contributed by atoms with van der Waals surface area (Å²) in [6, 6.07) is 0.220. The van der Waals surface area contributed by atoms with Crippen LogP contribution in [0.4, 0.5) is 13.2 Å². The molecule has 0 unspecified atom stereocenters. The number of hydrogen-bond acceptors (Lipinski definition) is 2. The number of hydrogen-bond donors (Lipinski definition) is 1. The fourth-order valence-electron chi connectivity index (χ4n) is 2.91. The first-order valence-corrected chi connectivity index (χ1v) is 7.04. The van der Waals surface area contributed by atoms with Crippen molar-refractivity contribution in [3.8, 4) is 0 Å². The normalized spacial score (nSPS) is 22.1. The van der Waals surface area contributed by atoms with E-state index < -0.39 is 12.1 Å². The van der Waals surface area contributed by atoms with Crippen molar-refractivity contribution in [2.24, 2.45) is 5.92 Å². The summed E-state index contributed by atoms with van der Waals surface area (Å²) in [4.78, 5) is 23.9. The molecule has 0 aromatic carbocycles. The van der Waals surface area contributed by atoms with E-state index in [4.69, 9.17) is 0 Å². The number of likely N-dealkylation sites (tertiary alicyclic amines) is 1. The monoisotopic (exact) mass is 292 g/mol. The van der Waals surface area contributed by atoms with Crippen LogP contribution in [0.15, 0.2) is 0 Å². The maximum absolute atomic E-state index is 12.3. The van der Waals surface area contributed by atoms with Gasteiger partial charge < -0.3 is 10.2 Å². The highest BCUT2D eigenvalue weighted by Gasteiger charge is 2.43. The van der Waals surface area contributed by atoms with E-state index in [-0.39, 0.29) is 31.0 Å². The van der Waals surface area contributed by atoms with E-state index >= 15 is 0 Å². The minimum atomic E-state index is -4.82. The first kappa shape index (κ1) is 15.1. The van der Waals surface area contributed by atoms with Gasteiger partial charge in [0, 0.05) is 25.0 Å². The molecule has 1 saturated heterocycles.